The molecular weight excluding hydrogens is 622 g/mol. The van der Waals surface area contributed by atoms with Crippen molar-refractivity contribution in [1.29, 1.82) is 0 Å². The van der Waals surface area contributed by atoms with Crippen molar-refractivity contribution in [2.24, 2.45) is 23.3 Å². The molecule has 0 aromatic heterocycles. The van der Waals surface area contributed by atoms with Gasteiger partial charge in [-0.15, -0.1) is 0 Å². The van der Waals surface area contributed by atoms with Crippen LogP contribution in [-0.4, -0.2) is 77.4 Å². The van der Waals surface area contributed by atoms with Gasteiger partial charge in [0.15, 0.2) is 0 Å². The lowest BCUT2D eigenvalue weighted by Crippen LogP contribution is -2.58. The van der Waals surface area contributed by atoms with Gasteiger partial charge >= 0.3 is 12.1 Å². The molecule has 0 spiro atoms. The normalized spacial score (nSPS) is 14.1. The molecule has 0 aliphatic heterocycles. The van der Waals surface area contributed by atoms with E-state index in [4.69, 9.17) is 11.5 Å². The Morgan fingerprint density at radius 3 is 2.02 bits per heavy atom. The molecule has 262 valence electrons. The number of nitrogens with one attached hydrogen (secondary N) is 5. The van der Waals surface area contributed by atoms with Gasteiger partial charge in [-0.2, -0.15) is 0 Å². The molecule has 0 aliphatic rings. The minimum absolute atomic E-state index is 0.0542. The van der Waals surface area contributed by atoms with Crippen molar-refractivity contribution in [3.8, 4) is 0 Å². The number of primary amides is 2. The highest BCUT2D eigenvalue weighted by Crippen LogP contribution is 2.17. The first-order valence-electron chi connectivity index (χ1n) is 15.9. The molecule has 2 rings (SSSR count). The van der Waals surface area contributed by atoms with Gasteiger partial charge in [0.05, 0.1) is 6.04 Å². The molecule has 0 bridgehead atoms. The van der Waals surface area contributed by atoms with E-state index in [0.29, 0.717) is 6.42 Å². The van der Waals surface area contributed by atoms with Crippen molar-refractivity contribution >= 4 is 52.3 Å². The van der Waals surface area contributed by atoms with Gasteiger partial charge in [0.1, 0.15) is 18.1 Å². The molecule has 15 nitrogen and oxygen atoms in total. The van der Waals surface area contributed by atoms with Crippen LogP contribution in [0.2, 0.25) is 0 Å². The molecule has 15 heteroatoms. The summed E-state index contributed by atoms with van der Waals surface area (Å²) in [6.07, 6.45) is -0.749. The number of amides is 7. The molecular formula is C33H47N7O8. The van der Waals surface area contributed by atoms with Crippen molar-refractivity contribution in [3.05, 3.63) is 48.0 Å². The predicted molar refractivity (Wildman–Crippen MR) is 178 cm³/mol. The Morgan fingerprint density at radius 2 is 1.44 bits per heavy atom. The standard InChI is InChI=1S/C33H47N7O8/c1-5-19(4)26(40-30(44)25(15-18(2)3)39-33(47)48)27(41)31(45)37-23(11-8-14-36-32(35)46)29(43)38-24(28(34)42)17-20-12-13-21-9-6-7-10-22(21)16-20/h6-7,9-10,12-13,16,18-19,23-26,39H,5,8,11,14-15,17H2,1-4H3,(H2,34,42)(H,37,45)(H,38,43)(H,40,44)(H,47,48)(H3,35,36,46). The van der Waals surface area contributed by atoms with Crippen molar-refractivity contribution in [2.75, 3.05) is 6.54 Å². The van der Waals surface area contributed by atoms with Gasteiger partial charge < -0.3 is 43.2 Å². The highest BCUT2D eigenvalue weighted by Gasteiger charge is 2.35. The first kappa shape index (κ1) is 39.0. The molecule has 2 aromatic carbocycles. The van der Waals surface area contributed by atoms with Gasteiger partial charge in [-0.1, -0.05) is 76.6 Å². The topological polar surface area (TPSA) is 252 Å². The van der Waals surface area contributed by atoms with Crippen LogP contribution in [-0.2, 0) is 30.4 Å². The van der Waals surface area contributed by atoms with E-state index >= 15 is 0 Å². The van der Waals surface area contributed by atoms with Gasteiger partial charge in [-0.05, 0) is 47.4 Å². The summed E-state index contributed by atoms with van der Waals surface area (Å²) in [6.45, 7) is 7.03. The molecule has 0 saturated carbocycles. The fourth-order valence-corrected chi connectivity index (χ4v) is 5.06. The minimum atomic E-state index is -1.42. The number of nitrogens with two attached hydrogens (primary N) is 2. The Kier molecular flexibility index (Phi) is 15.3. The van der Waals surface area contributed by atoms with E-state index in [2.05, 4.69) is 26.6 Å². The number of carbonyl (C=O) groups is 7. The minimum Gasteiger partial charge on any atom is -0.465 e. The molecule has 2 aromatic rings. The summed E-state index contributed by atoms with van der Waals surface area (Å²) in [7, 11) is 0. The SMILES string of the molecule is CCC(C)C(NC(=O)C(CC(C)C)NC(=O)O)C(=O)C(=O)NC(CCCNC(N)=O)C(=O)NC(Cc1ccc2ccccc2c1)C(N)=O. The number of rotatable bonds is 19. The zero-order valence-electron chi connectivity index (χ0n) is 27.7. The van der Waals surface area contributed by atoms with E-state index in [1.54, 1.807) is 33.8 Å². The fourth-order valence-electron chi connectivity index (χ4n) is 5.06. The number of carboxylic acid groups (broad SMARTS) is 1. The van der Waals surface area contributed by atoms with Gasteiger partial charge in [-0.25, -0.2) is 9.59 Å². The predicted octanol–water partition coefficient (Wildman–Crippen LogP) is 1.07. The number of hydrogen-bond acceptors (Lipinski definition) is 7. The molecule has 48 heavy (non-hydrogen) atoms. The number of benzene rings is 2. The number of Topliss-reactive ketones (excluding diaryl/α,β-unsaturated/α-hetero) is 1. The fraction of sp³-hybridized carbons (Fsp3) is 0.485. The van der Waals surface area contributed by atoms with Crippen LogP contribution >= 0.6 is 0 Å². The summed E-state index contributed by atoms with van der Waals surface area (Å²) >= 11 is 0. The maximum atomic E-state index is 13.5. The molecule has 0 radical (unpaired) electrons. The quantitative estimate of drug-likeness (QED) is 0.0791. The Bertz CT molecular complexity index is 1480. The van der Waals surface area contributed by atoms with E-state index < -0.39 is 71.6 Å². The van der Waals surface area contributed by atoms with E-state index in [9.17, 15) is 38.7 Å². The van der Waals surface area contributed by atoms with Crippen LogP contribution in [0.3, 0.4) is 0 Å². The third-order valence-corrected chi connectivity index (χ3v) is 7.84. The lowest BCUT2D eigenvalue weighted by Gasteiger charge is -2.27. The molecule has 0 heterocycles. The van der Waals surface area contributed by atoms with Crippen LogP contribution in [0.1, 0.15) is 58.9 Å². The van der Waals surface area contributed by atoms with E-state index in [1.165, 1.54) is 0 Å². The molecule has 7 amide bonds. The smallest absolute Gasteiger partial charge is 0.405 e. The van der Waals surface area contributed by atoms with Gasteiger partial charge in [0, 0.05) is 13.0 Å². The van der Waals surface area contributed by atoms with Gasteiger partial charge in [-0.3, -0.25) is 24.0 Å². The van der Waals surface area contributed by atoms with Crippen LogP contribution in [0.5, 0.6) is 0 Å². The third-order valence-electron chi connectivity index (χ3n) is 7.84. The van der Waals surface area contributed by atoms with E-state index in [-0.39, 0.29) is 38.1 Å². The van der Waals surface area contributed by atoms with Gasteiger partial charge in [0.25, 0.3) is 5.91 Å². The molecule has 0 aliphatic carbocycles. The molecule has 5 unspecified atom stereocenters. The molecule has 10 N–H and O–H groups in total. The summed E-state index contributed by atoms with van der Waals surface area (Å²) in [4.78, 5) is 88.2. The second-order valence-electron chi connectivity index (χ2n) is 12.2. The lowest BCUT2D eigenvalue weighted by atomic mass is 9.93. The van der Waals surface area contributed by atoms with Crippen LogP contribution in [0.4, 0.5) is 9.59 Å². The summed E-state index contributed by atoms with van der Waals surface area (Å²) in [6, 6.07) is 7.35. The summed E-state index contributed by atoms with van der Waals surface area (Å²) in [5.74, 6) is -5.23. The Labute approximate surface area is 279 Å². The Morgan fingerprint density at radius 1 is 0.792 bits per heavy atom. The second kappa shape index (κ2) is 18.8. The van der Waals surface area contributed by atoms with Crippen LogP contribution < -0.4 is 38.1 Å². The van der Waals surface area contributed by atoms with E-state index in [0.717, 1.165) is 16.3 Å². The summed E-state index contributed by atoms with van der Waals surface area (Å²) < 4.78 is 0. The van der Waals surface area contributed by atoms with Crippen molar-refractivity contribution in [3.63, 3.8) is 0 Å². The molecule has 0 fully saturated rings. The van der Waals surface area contributed by atoms with Crippen LogP contribution in [0.25, 0.3) is 10.8 Å². The number of carbonyl (C=O) groups excluding carboxylic acids is 6. The number of fused-ring (bicyclic) bond motifs is 1. The van der Waals surface area contributed by atoms with Crippen molar-refractivity contribution in [2.45, 2.75) is 84.0 Å². The van der Waals surface area contributed by atoms with E-state index in [1.807, 2.05) is 36.4 Å². The monoisotopic (exact) mass is 669 g/mol. The number of ketones is 1. The highest BCUT2D eigenvalue weighted by molar-refractivity contribution is 6.39. The van der Waals surface area contributed by atoms with Crippen molar-refractivity contribution < 1.29 is 38.7 Å². The summed E-state index contributed by atoms with van der Waals surface area (Å²) in [5, 5.41) is 23.1. The van der Waals surface area contributed by atoms with Crippen LogP contribution in [0, 0.1) is 11.8 Å². The lowest BCUT2D eigenvalue weighted by molar-refractivity contribution is -0.142. The van der Waals surface area contributed by atoms with Crippen molar-refractivity contribution in [1.82, 2.24) is 26.6 Å². The van der Waals surface area contributed by atoms with Crippen LogP contribution in [0.15, 0.2) is 42.5 Å². The molecule has 5 atom stereocenters. The molecule has 0 saturated heterocycles. The van der Waals surface area contributed by atoms with Gasteiger partial charge in [0.2, 0.25) is 23.5 Å². The first-order valence-corrected chi connectivity index (χ1v) is 15.9. The first-order chi connectivity index (χ1) is 22.6. The average Bonchev–Trinajstić information content (AvgIpc) is 3.02. The zero-order valence-corrected chi connectivity index (χ0v) is 27.7. The second-order valence-corrected chi connectivity index (χ2v) is 12.2. The highest BCUT2D eigenvalue weighted by atomic mass is 16.4. The Balaban J connectivity index is 2.26. The number of hydrogen-bond donors (Lipinski definition) is 8. The number of urea groups is 1. The maximum Gasteiger partial charge on any atom is 0.405 e. The maximum absolute atomic E-state index is 13.5. The third kappa shape index (κ3) is 12.5. The average molecular weight is 670 g/mol. The Hall–Kier alpha value is -5.21. The summed E-state index contributed by atoms with van der Waals surface area (Å²) in [5.41, 5.74) is 11.5. The largest absolute Gasteiger partial charge is 0.465 e. The zero-order chi connectivity index (χ0) is 36.0.